The predicted molar refractivity (Wildman–Crippen MR) is 83.6 cm³/mol. The van der Waals surface area contributed by atoms with Gasteiger partial charge in [0.25, 0.3) is 5.89 Å². The number of methoxy groups -OCH3 is 1. The topological polar surface area (TPSA) is 63.9 Å². The SMILES string of the molecule is COc1cccc(-c2nc(-c3ccc4[nH]ccc4c3)no2)c1. The summed E-state index contributed by atoms with van der Waals surface area (Å²) in [5.74, 6) is 1.80. The zero-order valence-corrected chi connectivity index (χ0v) is 11.9. The lowest BCUT2D eigenvalue weighted by Gasteiger charge is -1.99. The Kier molecular flexibility index (Phi) is 2.89. The number of benzene rings is 2. The molecule has 0 spiro atoms. The Morgan fingerprint density at radius 1 is 1.05 bits per heavy atom. The van der Waals surface area contributed by atoms with Crippen molar-refractivity contribution in [3.8, 4) is 28.6 Å². The number of nitrogens with one attached hydrogen (secondary N) is 1. The van der Waals surface area contributed by atoms with Crippen molar-refractivity contribution in [2.45, 2.75) is 0 Å². The third kappa shape index (κ3) is 2.13. The first kappa shape index (κ1) is 12.6. The molecule has 0 saturated heterocycles. The fourth-order valence-corrected chi connectivity index (χ4v) is 2.41. The van der Waals surface area contributed by atoms with Crippen LogP contribution in [0.4, 0.5) is 0 Å². The number of fused-ring (bicyclic) bond motifs is 1. The average Bonchev–Trinajstić information content (AvgIpc) is 3.23. The molecule has 2 aromatic carbocycles. The summed E-state index contributed by atoms with van der Waals surface area (Å²) < 4.78 is 10.6. The van der Waals surface area contributed by atoms with Crippen LogP contribution in [0.1, 0.15) is 0 Å². The molecule has 0 amide bonds. The standard InChI is InChI=1S/C17H13N3O2/c1-21-14-4-2-3-13(10-14)17-19-16(20-22-17)12-5-6-15-11(9-12)7-8-18-15/h2-10,18H,1H3. The second-order valence-electron chi connectivity index (χ2n) is 4.93. The maximum Gasteiger partial charge on any atom is 0.258 e. The highest BCUT2D eigenvalue weighted by Crippen LogP contribution is 2.26. The van der Waals surface area contributed by atoms with Crippen LogP contribution in [-0.2, 0) is 0 Å². The van der Waals surface area contributed by atoms with Crippen molar-refractivity contribution in [2.24, 2.45) is 0 Å². The van der Waals surface area contributed by atoms with Gasteiger partial charge in [-0.1, -0.05) is 11.2 Å². The van der Waals surface area contributed by atoms with Crippen LogP contribution in [0.3, 0.4) is 0 Å². The van der Waals surface area contributed by atoms with Gasteiger partial charge >= 0.3 is 0 Å². The smallest absolute Gasteiger partial charge is 0.258 e. The molecule has 22 heavy (non-hydrogen) atoms. The van der Waals surface area contributed by atoms with Crippen molar-refractivity contribution >= 4 is 10.9 Å². The van der Waals surface area contributed by atoms with Crippen LogP contribution < -0.4 is 4.74 Å². The first-order chi connectivity index (χ1) is 10.8. The van der Waals surface area contributed by atoms with Gasteiger partial charge in [-0.15, -0.1) is 0 Å². The maximum absolute atomic E-state index is 5.37. The van der Waals surface area contributed by atoms with Gasteiger partial charge in [-0.3, -0.25) is 0 Å². The fraction of sp³-hybridized carbons (Fsp3) is 0.0588. The number of nitrogens with zero attached hydrogens (tertiary/aromatic N) is 2. The van der Waals surface area contributed by atoms with E-state index in [9.17, 15) is 0 Å². The minimum atomic E-state index is 0.475. The van der Waals surface area contributed by atoms with Crippen molar-refractivity contribution in [3.63, 3.8) is 0 Å². The third-order valence-electron chi connectivity index (χ3n) is 3.55. The largest absolute Gasteiger partial charge is 0.497 e. The van der Waals surface area contributed by atoms with Crippen molar-refractivity contribution in [2.75, 3.05) is 7.11 Å². The summed E-state index contributed by atoms with van der Waals surface area (Å²) in [4.78, 5) is 7.64. The molecule has 0 atom stereocenters. The van der Waals surface area contributed by atoms with E-state index in [2.05, 4.69) is 15.1 Å². The van der Waals surface area contributed by atoms with Crippen LogP contribution in [0.25, 0.3) is 33.7 Å². The molecule has 4 aromatic rings. The summed E-state index contributed by atoms with van der Waals surface area (Å²) in [6.07, 6.45) is 1.91. The molecule has 0 fully saturated rings. The van der Waals surface area contributed by atoms with Crippen molar-refractivity contribution in [1.82, 2.24) is 15.1 Å². The molecular weight excluding hydrogens is 278 g/mol. The van der Waals surface area contributed by atoms with E-state index in [1.807, 2.05) is 54.7 Å². The molecule has 2 aromatic heterocycles. The van der Waals surface area contributed by atoms with Crippen LogP contribution >= 0.6 is 0 Å². The van der Waals surface area contributed by atoms with Gasteiger partial charge in [0.2, 0.25) is 5.82 Å². The Labute approximate surface area is 126 Å². The first-order valence-corrected chi connectivity index (χ1v) is 6.89. The summed E-state index contributed by atoms with van der Waals surface area (Å²) in [7, 11) is 1.63. The quantitative estimate of drug-likeness (QED) is 0.622. The number of hydrogen-bond donors (Lipinski definition) is 1. The maximum atomic E-state index is 5.37. The van der Waals surface area contributed by atoms with Gasteiger partial charge in [0.15, 0.2) is 0 Å². The highest BCUT2D eigenvalue weighted by molar-refractivity contribution is 5.83. The van der Waals surface area contributed by atoms with Gasteiger partial charge in [0.05, 0.1) is 7.11 Å². The number of hydrogen-bond acceptors (Lipinski definition) is 4. The van der Waals surface area contributed by atoms with E-state index in [4.69, 9.17) is 9.26 Å². The van der Waals surface area contributed by atoms with Gasteiger partial charge in [-0.2, -0.15) is 4.98 Å². The number of rotatable bonds is 3. The van der Waals surface area contributed by atoms with Crippen LogP contribution in [0.2, 0.25) is 0 Å². The highest BCUT2D eigenvalue weighted by Gasteiger charge is 2.11. The molecule has 0 radical (unpaired) electrons. The normalized spacial score (nSPS) is 11.0. The summed E-state index contributed by atoms with van der Waals surface area (Å²) in [5, 5.41) is 5.19. The van der Waals surface area contributed by atoms with Gasteiger partial charge in [0.1, 0.15) is 5.75 Å². The molecule has 108 valence electrons. The van der Waals surface area contributed by atoms with Crippen LogP contribution in [0, 0.1) is 0 Å². The minimum absolute atomic E-state index is 0.475. The Balaban J connectivity index is 1.73. The van der Waals surface area contributed by atoms with E-state index in [0.717, 1.165) is 27.8 Å². The molecule has 0 aliphatic heterocycles. The van der Waals surface area contributed by atoms with Crippen molar-refractivity contribution < 1.29 is 9.26 Å². The van der Waals surface area contributed by atoms with E-state index in [1.165, 1.54) is 0 Å². The molecule has 0 bridgehead atoms. The Morgan fingerprint density at radius 3 is 2.91 bits per heavy atom. The number of aromatic amines is 1. The van der Waals surface area contributed by atoms with Crippen molar-refractivity contribution in [1.29, 1.82) is 0 Å². The zero-order valence-electron chi connectivity index (χ0n) is 11.9. The lowest BCUT2D eigenvalue weighted by molar-refractivity contribution is 0.413. The van der Waals surface area contributed by atoms with Crippen molar-refractivity contribution in [3.05, 3.63) is 54.7 Å². The van der Waals surface area contributed by atoms with Gasteiger partial charge < -0.3 is 14.2 Å². The van der Waals surface area contributed by atoms with E-state index in [1.54, 1.807) is 7.11 Å². The Bertz CT molecular complexity index is 940. The molecule has 0 unspecified atom stereocenters. The second kappa shape index (κ2) is 5.04. The number of aromatic nitrogens is 3. The highest BCUT2D eigenvalue weighted by atomic mass is 16.5. The summed E-state index contributed by atoms with van der Waals surface area (Å²) in [6.45, 7) is 0. The van der Waals surface area contributed by atoms with E-state index >= 15 is 0 Å². The molecule has 5 heteroatoms. The Morgan fingerprint density at radius 2 is 2.00 bits per heavy atom. The third-order valence-corrected chi connectivity index (χ3v) is 3.55. The zero-order chi connectivity index (χ0) is 14.9. The molecule has 4 rings (SSSR count). The summed E-state index contributed by atoms with van der Waals surface area (Å²) in [6, 6.07) is 15.6. The molecule has 0 aliphatic rings. The Hall–Kier alpha value is -3.08. The lowest BCUT2D eigenvalue weighted by atomic mass is 10.1. The van der Waals surface area contributed by atoms with E-state index in [0.29, 0.717) is 11.7 Å². The number of ether oxygens (including phenoxy) is 1. The average molecular weight is 291 g/mol. The van der Waals surface area contributed by atoms with E-state index in [-0.39, 0.29) is 0 Å². The summed E-state index contributed by atoms with van der Waals surface area (Å²) >= 11 is 0. The lowest BCUT2D eigenvalue weighted by Crippen LogP contribution is -1.84. The van der Waals surface area contributed by atoms with Gasteiger partial charge in [0, 0.05) is 28.2 Å². The summed E-state index contributed by atoms with van der Waals surface area (Å²) in [5.41, 5.74) is 2.84. The number of H-pyrrole nitrogens is 1. The molecular formula is C17H13N3O2. The fourth-order valence-electron chi connectivity index (χ4n) is 2.41. The van der Waals surface area contributed by atoms with E-state index < -0.39 is 0 Å². The van der Waals surface area contributed by atoms with Gasteiger partial charge in [-0.25, -0.2) is 0 Å². The van der Waals surface area contributed by atoms with Gasteiger partial charge in [-0.05, 0) is 42.5 Å². The first-order valence-electron chi connectivity index (χ1n) is 6.89. The molecule has 5 nitrogen and oxygen atoms in total. The van der Waals surface area contributed by atoms with Crippen LogP contribution in [-0.4, -0.2) is 22.2 Å². The second-order valence-corrected chi connectivity index (χ2v) is 4.93. The predicted octanol–water partition coefficient (Wildman–Crippen LogP) is 3.89. The molecule has 2 heterocycles. The van der Waals surface area contributed by atoms with Crippen LogP contribution in [0.15, 0.2) is 59.3 Å². The van der Waals surface area contributed by atoms with Crippen LogP contribution in [0.5, 0.6) is 5.75 Å². The molecule has 0 saturated carbocycles. The minimum Gasteiger partial charge on any atom is -0.497 e. The molecule has 1 N–H and O–H groups in total. The molecule has 0 aliphatic carbocycles. The monoisotopic (exact) mass is 291 g/mol.